The van der Waals surface area contributed by atoms with Crippen LogP contribution in [0.2, 0.25) is 0 Å². The van der Waals surface area contributed by atoms with Crippen LogP contribution in [0.3, 0.4) is 0 Å². The van der Waals surface area contributed by atoms with Gasteiger partial charge in [0.05, 0.1) is 0 Å². The van der Waals surface area contributed by atoms with Crippen LogP contribution in [0.1, 0.15) is 12.8 Å². The van der Waals surface area contributed by atoms with Gasteiger partial charge >= 0.3 is 0 Å². The molecule has 1 N–H and O–H groups in total. The van der Waals surface area contributed by atoms with Crippen molar-refractivity contribution in [1.82, 2.24) is 20.0 Å². The predicted molar refractivity (Wildman–Crippen MR) is 77.0 cm³/mol. The zero-order valence-corrected chi connectivity index (χ0v) is 12.4. The summed E-state index contributed by atoms with van der Waals surface area (Å²) in [5.74, 6) is 0.871. The Bertz CT molecular complexity index is 246. The second-order valence-corrected chi connectivity index (χ2v) is 6.33. The summed E-state index contributed by atoms with van der Waals surface area (Å²) in [4.78, 5) is 7.52. The molecule has 4 nitrogen and oxygen atoms in total. The number of nitrogens with zero attached hydrogens (tertiary/aromatic N) is 3. The lowest BCUT2D eigenvalue weighted by Crippen LogP contribution is -2.54. The highest BCUT2D eigenvalue weighted by molar-refractivity contribution is 4.81. The zero-order valence-electron chi connectivity index (χ0n) is 12.4. The van der Waals surface area contributed by atoms with Gasteiger partial charge in [0, 0.05) is 45.3 Å². The predicted octanol–water partition coefficient (Wildman–Crippen LogP) is 0.164. The molecule has 0 aromatic rings. The van der Waals surface area contributed by atoms with E-state index in [-0.39, 0.29) is 0 Å². The molecule has 4 heteroatoms. The number of piperazine rings is 1. The van der Waals surface area contributed by atoms with Gasteiger partial charge in [-0.2, -0.15) is 0 Å². The lowest BCUT2D eigenvalue weighted by atomic mass is 9.98. The Hall–Kier alpha value is -0.160. The third-order valence-corrected chi connectivity index (χ3v) is 4.46. The van der Waals surface area contributed by atoms with Crippen molar-refractivity contribution in [2.45, 2.75) is 18.9 Å². The Labute approximate surface area is 112 Å². The van der Waals surface area contributed by atoms with Gasteiger partial charge in [-0.3, -0.25) is 4.90 Å². The van der Waals surface area contributed by atoms with Crippen molar-refractivity contribution in [1.29, 1.82) is 0 Å². The highest BCUT2D eigenvalue weighted by Crippen LogP contribution is 2.16. The average Bonchev–Trinajstić information content (AvgIpc) is 2.32. The number of piperidine rings is 1. The maximum absolute atomic E-state index is 3.50. The van der Waals surface area contributed by atoms with E-state index in [1.807, 2.05) is 0 Å². The fraction of sp³-hybridized carbons (Fsp3) is 1.00. The van der Waals surface area contributed by atoms with Crippen LogP contribution < -0.4 is 5.32 Å². The van der Waals surface area contributed by atoms with E-state index < -0.39 is 0 Å². The van der Waals surface area contributed by atoms with Gasteiger partial charge < -0.3 is 15.1 Å². The Kier molecular flexibility index (Phi) is 5.42. The minimum absolute atomic E-state index is 0.685. The minimum Gasteiger partial charge on any atom is -0.314 e. The molecule has 2 aliphatic rings. The lowest BCUT2D eigenvalue weighted by molar-refractivity contribution is 0.122. The fourth-order valence-corrected chi connectivity index (χ4v) is 3.36. The quantitative estimate of drug-likeness (QED) is 0.772. The topological polar surface area (TPSA) is 21.8 Å². The molecular formula is C14H30N4. The Morgan fingerprint density at radius 2 is 2.06 bits per heavy atom. The molecule has 0 bridgehead atoms. The third-order valence-electron chi connectivity index (χ3n) is 4.46. The van der Waals surface area contributed by atoms with Gasteiger partial charge in [0.1, 0.15) is 0 Å². The number of hydrogen-bond acceptors (Lipinski definition) is 4. The third kappa shape index (κ3) is 4.19. The molecular weight excluding hydrogens is 224 g/mol. The first-order chi connectivity index (χ1) is 8.65. The van der Waals surface area contributed by atoms with E-state index in [9.17, 15) is 0 Å². The van der Waals surface area contributed by atoms with E-state index in [4.69, 9.17) is 0 Å². The second-order valence-electron chi connectivity index (χ2n) is 6.33. The van der Waals surface area contributed by atoms with Crippen molar-refractivity contribution < 1.29 is 0 Å². The van der Waals surface area contributed by atoms with Crippen molar-refractivity contribution in [3.63, 3.8) is 0 Å². The minimum atomic E-state index is 0.685. The maximum Gasteiger partial charge on any atom is 0.0345 e. The van der Waals surface area contributed by atoms with Crippen LogP contribution in [0, 0.1) is 5.92 Å². The molecule has 2 aliphatic heterocycles. The second kappa shape index (κ2) is 6.85. The summed E-state index contributed by atoms with van der Waals surface area (Å²) < 4.78 is 0. The van der Waals surface area contributed by atoms with Crippen LogP contribution >= 0.6 is 0 Å². The molecule has 0 aromatic carbocycles. The summed E-state index contributed by atoms with van der Waals surface area (Å²) in [5.41, 5.74) is 0. The van der Waals surface area contributed by atoms with Crippen molar-refractivity contribution >= 4 is 0 Å². The highest BCUT2D eigenvalue weighted by Gasteiger charge is 2.23. The number of rotatable bonds is 4. The Morgan fingerprint density at radius 3 is 2.78 bits per heavy atom. The van der Waals surface area contributed by atoms with Crippen molar-refractivity contribution in [2.24, 2.45) is 5.92 Å². The summed E-state index contributed by atoms with van der Waals surface area (Å²) in [6.07, 6.45) is 2.79. The standard InChI is InChI=1S/C14H30N4/c1-16-7-4-5-13(10-16)11-17(2)12-14-9-15-6-8-18(14)3/h13-15H,4-12H2,1-3H3. The van der Waals surface area contributed by atoms with Crippen molar-refractivity contribution in [3.05, 3.63) is 0 Å². The van der Waals surface area contributed by atoms with Crippen LogP contribution in [0.25, 0.3) is 0 Å². The van der Waals surface area contributed by atoms with Crippen molar-refractivity contribution in [3.8, 4) is 0 Å². The van der Waals surface area contributed by atoms with Crippen LogP contribution in [0.15, 0.2) is 0 Å². The van der Waals surface area contributed by atoms with E-state index >= 15 is 0 Å². The molecule has 2 atom stereocenters. The molecule has 0 saturated carbocycles. The number of likely N-dealkylation sites (tertiary alicyclic amines) is 1. The molecule has 0 spiro atoms. The first kappa shape index (κ1) is 14.3. The first-order valence-corrected chi connectivity index (χ1v) is 7.43. The van der Waals surface area contributed by atoms with E-state index in [1.165, 1.54) is 45.6 Å². The van der Waals surface area contributed by atoms with E-state index in [1.54, 1.807) is 0 Å². The molecule has 0 aliphatic carbocycles. The van der Waals surface area contributed by atoms with Crippen LogP contribution in [0.4, 0.5) is 0 Å². The van der Waals surface area contributed by atoms with Crippen molar-refractivity contribution in [2.75, 3.05) is 67.0 Å². The highest BCUT2D eigenvalue weighted by atomic mass is 15.2. The van der Waals surface area contributed by atoms with Gasteiger partial charge in [0.25, 0.3) is 0 Å². The normalized spacial score (nSPS) is 32.0. The van der Waals surface area contributed by atoms with E-state index in [0.717, 1.165) is 19.0 Å². The molecule has 0 radical (unpaired) electrons. The van der Waals surface area contributed by atoms with Gasteiger partial charge in [-0.25, -0.2) is 0 Å². The number of hydrogen-bond donors (Lipinski definition) is 1. The number of likely N-dealkylation sites (N-methyl/N-ethyl adjacent to an activating group) is 2. The van der Waals surface area contributed by atoms with E-state index in [0.29, 0.717) is 6.04 Å². The molecule has 2 rings (SSSR count). The van der Waals surface area contributed by atoms with Crippen LogP contribution in [-0.2, 0) is 0 Å². The molecule has 106 valence electrons. The summed E-state index contributed by atoms with van der Waals surface area (Å²) in [5, 5.41) is 3.50. The van der Waals surface area contributed by atoms with Gasteiger partial charge in [0.2, 0.25) is 0 Å². The Morgan fingerprint density at radius 1 is 1.22 bits per heavy atom. The molecule has 2 fully saturated rings. The summed E-state index contributed by atoms with van der Waals surface area (Å²) in [6.45, 7) is 8.50. The SMILES string of the molecule is CN1CCCC(CN(C)CC2CNCCN2C)C1. The fourth-order valence-electron chi connectivity index (χ4n) is 3.36. The van der Waals surface area contributed by atoms with Gasteiger partial charge in [-0.15, -0.1) is 0 Å². The first-order valence-electron chi connectivity index (χ1n) is 7.43. The van der Waals surface area contributed by atoms with Gasteiger partial charge in [-0.05, 0) is 46.4 Å². The van der Waals surface area contributed by atoms with Crippen LogP contribution in [0.5, 0.6) is 0 Å². The van der Waals surface area contributed by atoms with E-state index in [2.05, 4.69) is 41.2 Å². The van der Waals surface area contributed by atoms with Gasteiger partial charge in [0.15, 0.2) is 0 Å². The summed E-state index contributed by atoms with van der Waals surface area (Å²) in [7, 11) is 6.80. The van der Waals surface area contributed by atoms with Crippen LogP contribution in [-0.4, -0.2) is 87.7 Å². The monoisotopic (exact) mass is 254 g/mol. The average molecular weight is 254 g/mol. The molecule has 0 amide bonds. The Balaban J connectivity index is 1.72. The summed E-state index contributed by atoms with van der Waals surface area (Å²) >= 11 is 0. The lowest BCUT2D eigenvalue weighted by Gasteiger charge is -2.37. The maximum atomic E-state index is 3.50. The summed E-state index contributed by atoms with van der Waals surface area (Å²) in [6, 6.07) is 0.685. The largest absolute Gasteiger partial charge is 0.314 e. The molecule has 2 unspecified atom stereocenters. The smallest absolute Gasteiger partial charge is 0.0345 e. The molecule has 18 heavy (non-hydrogen) atoms. The molecule has 2 heterocycles. The van der Waals surface area contributed by atoms with Gasteiger partial charge in [-0.1, -0.05) is 0 Å². The molecule has 2 saturated heterocycles. The number of nitrogens with one attached hydrogen (secondary N) is 1. The zero-order chi connectivity index (χ0) is 13.0. The molecule has 0 aromatic heterocycles.